The third-order valence-electron chi connectivity index (χ3n) is 7.03. The monoisotopic (exact) mass is 482 g/mol. The van der Waals surface area contributed by atoms with Crippen molar-refractivity contribution in [2.45, 2.75) is 18.2 Å². The predicted octanol–water partition coefficient (Wildman–Crippen LogP) is 5.51. The lowest BCUT2D eigenvalue weighted by molar-refractivity contribution is 0.441. The van der Waals surface area contributed by atoms with Crippen LogP contribution in [-0.4, -0.2) is 40.3 Å². The number of sulfonamides is 1. The molecule has 35 heavy (non-hydrogen) atoms. The molecular weight excluding hydrogens is 456 g/mol. The lowest BCUT2D eigenvalue weighted by Gasteiger charge is -2.26. The second kappa shape index (κ2) is 8.22. The van der Waals surface area contributed by atoms with Crippen LogP contribution >= 0.6 is 0 Å². The molecule has 0 amide bonds. The third kappa shape index (κ3) is 3.59. The van der Waals surface area contributed by atoms with Gasteiger partial charge in [0.2, 0.25) is 10.0 Å². The van der Waals surface area contributed by atoms with E-state index in [-0.39, 0.29) is 4.90 Å². The largest absolute Gasteiger partial charge is 0.347 e. The third-order valence-corrected chi connectivity index (χ3v) is 8.89. The van der Waals surface area contributed by atoms with Crippen LogP contribution in [-0.2, 0) is 17.1 Å². The lowest BCUT2D eigenvalue weighted by Crippen LogP contribution is -2.34. The SMILES string of the molecule is Cc1c(C2=CCN(S(=O)(=O)c3ccc4nc(-c5ccccc5)[nH]c4c3)CC2)c2ccccc2n1C. The first-order chi connectivity index (χ1) is 16.9. The summed E-state index contributed by atoms with van der Waals surface area (Å²) in [6.45, 7) is 2.94. The maximum absolute atomic E-state index is 13.5. The number of fused-ring (bicyclic) bond motifs is 2. The number of nitrogens with zero attached hydrogens (tertiary/aromatic N) is 3. The van der Waals surface area contributed by atoms with Crippen LogP contribution in [0.5, 0.6) is 0 Å². The van der Waals surface area contributed by atoms with Crippen LogP contribution in [0.25, 0.3) is 38.9 Å². The summed E-state index contributed by atoms with van der Waals surface area (Å²) < 4.78 is 30.8. The minimum Gasteiger partial charge on any atom is -0.347 e. The Morgan fingerprint density at radius 3 is 2.51 bits per heavy atom. The van der Waals surface area contributed by atoms with Gasteiger partial charge in [-0.15, -0.1) is 0 Å². The smallest absolute Gasteiger partial charge is 0.243 e. The van der Waals surface area contributed by atoms with Gasteiger partial charge in [-0.3, -0.25) is 0 Å². The summed E-state index contributed by atoms with van der Waals surface area (Å²) in [5.41, 5.74) is 7.26. The molecule has 0 aliphatic carbocycles. The number of hydrogen-bond acceptors (Lipinski definition) is 3. The molecule has 0 saturated heterocycles. The Hall–Kier alpha value is -3.68. The normalized spacial score (nSPS) is 15.1. The molecule has 0 bridgehead atoms. The molecule has 1 N–H and O–H groups in total. The highest BCUT2D eigenvalue weighted by Gasteiger charge is 2.28. The molecule has 5 aromatic rings. The molecule has 0 unspecified atom stereocenters. The number of aromatic nitrogens is 3. The highest BCUT2D eigenvalue weighted by atomic mass is 32.2. The Bertz CT molecular complexity index is 1710. The summed E-state index contributed by atoms with van der Waals surface area (Å²) in [5.74, 6) is 0.728. The zero-order chi connectivity index (χ0) is 24.2. The number of aryl methyl sites for hydroxylation is 1. The molecule has 0 radical (unpaired) electrons. The summed E-state index contributed by atoms with van der Waals surface area (Å²) in [6.07, 6.45) is 2.75. The molecule has 1 aliphatic rings. The van der Waals surface area contributed by atoms with Crippen molar-refractivity contribution in [1.82, 2.24) is 18.8 Å². The van der Waals surface area contributed by atoms with Gasteiger partial charge < -0.3 is 9.55 Å². The summed E-state index contributed by atoms with van der Waals surface area (Å²) in [7, 11) is -1.55. The average Bonchev–Trinajstić information content (AvgIpc) is 3.43. The van der Waals surface area contributed by atoms with Crippen LogP contribution in [0.1, 0.15) is 17.7 Å². The van der Waals surface area contributed by atoms with E-state index in [9.17, 15) is 8.42 Å². The number of imidazole rings is 1. The lowest BCUT2D eigenvalue weighted by atomic mass is 9.97. The molecule has 176 valence electrons. The van der Waals surface area contributed by atoms with Crippen molar-refractivity contribution in [2.75, 3.05) is 13.1 Å². The van der Waals surface area contributed by atoms with Gasteiger partial charge in [0.25, 0.3) is 0 Å². The molecule has 2 aromatic heterocycles. The van der Waals surface area contributed by atoms with E-state index in [1.54, 1.807) is 22.5 Å². The number of para-hydroxylation sites is 1. The maximum atomic E-state index is 13.5. The number of aromatic amines is 1. The van der Waals surface area contributed by atoms with Crippen LogP contribution in [0.4, 0.5) is 0 Å². The second-order valence-electron chi connectivity index (χ2n) is 9.01. The highest BCUT2D eigenvalue weighted by Crippen LogP contribution is 2.35. The standard InChI is InChI=1S/C28H26N4O2S/c1-19-27(23-10-6-7-11-26(23)31(19)2)20-14-16-32(17-15-20)35(33,34)22-12-13-24-25(18-22)30-28(29-24)21-8-4-3-5-9-21/h3-14,18H,15-17H2,1-2H3,(H,29,30). The van der Waals surface area contributed by atoms with Gasteiger partial charge in [0.05, 0.1) is 15.9 Å². The highest BCUT2D eigenvalue weighted by molar-refractivity contribution is 7.89. The van der Waals surface area contributed by atoms with E-state index in [2.05, 4.69) is 58.8 Å². The molecule has 0 saturated carbocycles. The number of hydrogen-bond donors (Lipinski definition) is 1. The van der Waals surface area contributed by atoms with Crippen molar-refractivity contribution in [3.63, 3.8) is 0 Å². The number of nitrogens with one attached hydrogen (secondary N) is 1. The summed E-state index contributed by atoms with van der Waals surface area (Å²) >= 11 is 0. The molecule has 0 atom stereocenters. The van der Waals surface area contributed by atoms with Crippen molar-refractivity contribution >= 4 is 37.5 Å². The van der Waals surface area contributed by atoms with Crippen LogP contribution in [0.3, 0.4) is 0 Å². The van der Waals surface area contributed by atoms with E-state index in [1.165, 1.54) is 27.7 Å². The molecular formula is C28H26N4O2S. The summed E-state index contributed by atoms with van der Waals surface area (Å²) in [5, 5.41) is 1.22. The van der Waals surface area contributed by atoms with Gasteiger partial charge in [-0.05, 0) is 43.2 Å². The van der Waals surface area contributed by atoms with Crippen molar-refractivity contribution in [3.8, 4) is 11.4 Å². The molecule has 3 heterocycles. The number of H-pyrrole nitrogens is 1. The van der Waals surface area contributed by atoms with E-state index >= 15 is 0 Å². The Morgan fingerprint density at radius 2 is 1.74 bits per heavy atom. The predicted molar refractivity (Wildman–Crippen MR) is 141 cm³/mol. The fourth-order valence-electron chi connectivity index (χ4n) is 5.05. The van der Waals surface area contributed by atoms with E-state index in [1.807, 2.05) is 30.3 Å². The molecule has 1 aliphatic heterocycles. The molecule has 0 spiro atoms. The zero-order valence-electron chi connectivity index (χ0n) is 19.7. The Kier molecular flexibility index (Phi) is 5.12. The van der Waals surface area contributed by atoms with Gasteiger partial charge in [-0.2, -0.15) is 4.31 Å². The summed E-state index contributed by atoms with van der Waals surface area (Å²) in [6, 6.07) is 23.3. The molecule has 3 aromatic carbocycles. The van der Waals surface area contributed by atoms with E-state index < -0.39 is 10.0 Å². The van der Waals surface area contributed by atoms with Crippen LogP contribution in [0.2, 0.25) is 0 Å². The van der Waals surface area contributed by atoms with Gasteiger partial charge in [0.15, 0.2) is 0 Å². The van der Waals surface area contributed by atoms with Gasteiger partial charge in [-0.1, -0.05) is 54.6 Å². The average molecular weight is 483 g/mol. The van der Waals surface area contributed by atoms with E-state index in [4.69, 9.17) is 0 Å². The van der Waals surface area contributed by atoms with Crippen LogP contribution in [0, 0.1) is 6.92 Å². The van der Waals surface area contributed by atoms with Crippen LogP contribution < -0.4 is 0 Å². The first kappa shape index (κ1) is 21.8. The Labute approximate surface area is 204 Å². The Morgan fingerprint density at radius 1 is 0.971 bits per heavy atom. The number of benzene rings is 3. The van der Waals surface area contributed by atoms with Crippen molar-refractivity contribution in [1.29, 1.82) is 0 Å². The molecule has 6 nitrogen and oxygen atoms in total. The quantitative estimate of drug-likeness (QED) is 0.367. The van der Waals surface area contributed by atoms with Gasteiger partial charge in [0, 0.05) is 47.9 Å². The fraction of sp³-hybridized carbons (Fsp3) is 0.179. The first-order valence-corrected chi connectivity index (χ1v) is 13.2. The fourth-order valence-corrected chi connectivity index (χ4v) is 6.46. The molecule has 6 rings (SSSR count). The minimum absolute atomic E-state index is 0.284. The van der Waals surface area contributed by atoms with Gasteiger partial charge in [-0.25, -0.2) is 13.4 Å². The maximum Gasteiger partial charge on any atom is 0.243 e. The van der Waals surface area contributed by atoms with Crippen molar-refractivity contribution < 1.29 is 8.42 Å². The van der Waals surface area contributed by atoms with Crippen molar-refractivity contribution in [2.24, 2.45) is 7.05 Å². The number of rotatable bonds is 4. The van der Waals surface area contributed by atoms with E-state index in [0.29, 0.717) is 25.0 Å². The zero-order valence-corrected chi connectivity index (χ0v) is 20.5. The second-order valence-corrected chi connectivity index (χ2v) is 10.9. The minimum atomic E-state index is -3.63. The van der Waals surface area contributed by atoms with E-state index in [0.717, 1.165) is 16.9 Å². The molecule has 7 heteroatoms. The Balaban J connectivity index is 1.30. The topological polar surface area (TPSA) is 71.0 Å². The van der Waals surface area contributed by atoms with Crippen LogP contribution in [0.15, 0.2) is 83.8 Å². The van der Waals surface area contributed by atoms with Gasteiger partial charge in [0.1, 0.15) is 5.82 Å². The van der Waals surface area contributed by atoms with Crippen molar-refractivity contribution in [3.05, 3.63) is 90.1 Å². The molecule has 0 fully saturated rings. The first-order valence-electron chi connectivity index (χ1n) is 11.7. The van der Waals surface area contributed by atoms with Gasteiger partial charge >= 0.3 is 0 Å². The summed E-state index contributed by atoms with van der Waals surface area (Å²) in [4.78, 5) is 8.18.